The van der Waals surface area contributed by atoms with Gasteiger partial charge in [0.25, 0.3) is 5.91 Å². The minimum atomic E-state index is -0.176. The van der Waals surface area contributed by atoms with Crippen LogP contribution in [0.2, 0.25) is 5.02 Å². The summed E-state index contributed by atoms with van der Waals surface area (Å²) in [5.41, 5.74) is 2.28. The molecule has 1 aromatic carbocycles. The predicted octanol–water partition coefficient (Wildman–Crippen LogP) is 3.83. The van der Waals surface area contributed by atoms with Gasteiger partial charge in [0, 0.05) is 23.1 Å². The zero-order valence-electron chi connectivity index (χ0n) is 12.2. The standard InChI is InChI=1S/C17H14ClN3OS/c18-13-5-3-4-12(10-13)7-9-20-16(22)15-11-23-17(21-15)14-6-1-2-8-19-14/h1-6,8,10-11H,7,9H2,(H,20,22). The van der Waals surface area contributed by atoms with E-state index in [1.165, 1.54) is 11.3 Å². The third-order valence-electron chi connectivity index (χ3n) is 3.21. The van der Waals surface area contributed by atoms with Crippen molar-refractivity contribution in [2.75, 3.05) is 6.54 Å². The lowest BCUT2D eigenvalue weighted by atomic mass is 10.1. The van der Waals surface area contributed by atoms with Gasteiger partial charge < -0.3 is 5.32 Å². The molecule has 0 aliphatic carbocycles. The van der Waals surface area contributed by atoms with Gasteiger partial charge in [0.2, 0.25) is 0 Å². The van der Waals surface area contributed by atoms with Crippen LogP contribution in [-0.4, -0.2) is 22.4 Å². The molecule has 23 heavy (non-hydrogen) atoms. The lowest BCUT2D eigenvalue weighted by Crippen LogP contribution is -2.25. The van der Waals surface area contributed by atoms with Crippen LogP contribution in [0.5, 0.6) is 0 Å². The highest BCUT2D eigenvalue weighted by Gasteiger charge is 2.11. The largest absolute Gasteiger partial charge is 0.350 e. The number of pyridine rings is 1. The summed E-state index contributed by atoms with van der Waals surface area (Å²) in [6.45, 7) is 0.537. The molecule has 0 radical (unpaired) electrons. The van der Waals surface area contributed by atoms with Gasteiger partial charge in [0.1, 0.15) is 10.7 Å². The van der Waals surface area contributed by atoms with Crippen molar-refractivity contribution in [2.45, 2.75) is 6.42 Å². The van der Waals surface area contributed by atoms with Crippen molar-refractivity contribution < 1.29 is 4.79 Å². The maximum absolute atomic E-state index is 12.1. The smallest absolute Gasteiger partial charge is 0.270 e. The summed E-state index contributed by atoms with van der Waals surface area (Å²) in [5, 5.41) is 6.07. The first-order valence-electron chi connectivity index (χ1n) is 7.12. The molecule has 0 unspecified atom stereocenters. The molecule has 2 aromatic heterocycles. The summed E-state index contributed by atoms with van der Waals surface area (Å²) in [5.74, 6) is -0.176. The monoisotopic (exact) mass is 343 g/mol. The zero-order valence-corrected chi connectivity index (χ0v) is 13.8. The van der Waals surface area contributed by atoms with E-state index in [4.69, 9.17) is 11.6 Å². The fourth-order valence-corrected chi connectivity index (χ4v) is 3.08. The van der Waals surface area contributed by atoms with E-state index in [-0.39, 0.29) is 5.91 Å². The fraction of sp³-hybridized carbons (Fsp3) is 0.118. The first-order valence-corrected chi connectivity index (χ1v) is 8.38. The van der Waals surface area contributed by atoms with Crippen LogP contribution in [-0.2, 0) is 6.42 Å². The summed E-state index contributed by atoms with van der Waals surface area (Å²) >= 11 is 7.35. The summed E-state index contributed by atoms with van der Waals surface area (Å²) in [4.78, 5) is 20.7. The van der Waals surface area contributed by atoms with E-state index in [0.717, 1.165) is 22.7 Å². The highest BCUT2D eigenvalue weighted by atomic mass is 35.5. The minimum Gasteiger partial charge on any atom is -0.350 e. The molecule has 3 aromatic rings. The first-order chi connectivity index (χ1) is 11.2. The number of carbonyl (C=O) groups is 1. The number of amides is 1. The van der Waals surface area contributed by atoms with E-state index >= 15 is 0 Å². The lowest BCUT2D eigenvalue weighted by molar-refractivity contribution is 0.0950. The van der Waals surface area contributed by atoms with Crippen LogP contribution in [0.3, 0.4) is 0 Å². The number of hydrogen-bond acceptors (Lipinski definition) is 4. The topological polar surface area (TPSA) is 54.9 Å². The number of nitrogens with zero attached hydrogens (tertiary/aromatic N) is 2. The molecular formula is C17H14ClN3OS. The average Bonchev–Trinajstić information content (AvgIpc) is 3.06. The second-order valence-electron chi connectivity index (χ2n) is 4.89. The molecule has 0 bridgehead atoms. The molecule has 0 saturated carbocycles. The van der Waals surface area contributed by atoms with Crippen LogP contribution in [0.4, 0.5) is 0 Å². The molecule has 3 rings (SSSR count). The van der Waals surface area contributed by atoms with Crippen LogP contribution in [0, 0.1) is 0 Å². The Balaban J connectivity index is 1.58. The Morgan fingerprint density at radius 1 is 1.22 bits per heavy atom. The molecule has 116 valence electrons. The number of aromatic nitrogens is 2. The van der Waals surface area contributed by atoms with Gasteiger partial charge in [-0.3, -0.25) is 9.78 Å². The zero-order chi connectivity index (χ0) is 16.1. The van der Waals surface area contributed by atoms with Crippen molar-refractivity contribution in [3.63, 3.8) is 0 Å². The number of halogens is 1. The maximum atomic E-state index is 12.1. The fourth-order valence-electron chi connectivity index (χ4n) is 2.09. The number of thiazole rings is 1. The van der Waals surface area contributed by atoms with E-state index in [0.29, 0.717) is 17.3 Å². The van der Waals surface area contributed by atoms with E-state index in [1.54, 1.807) is 11.6 Å². The Kier molecular flexibility index (Phi) is 5.00. The van der Waals surface area contributed by atoms with Crippen molar-refractivity contribution in [2.24, 2.45) is 0 Å². The van der Waals surface area contributed by atoms with E-state index in [2.05, 4.69) is 15.3 Å². The third kappa shape index (κ3) is 4.15. The van der Waals surface area contributed by atoms with Gasteiger partial charge in [-0.05, 0) is 36.2 Å². The molecule has 2 heterocycles. The summed E-state index contributed by atoms with van der Waals surface area (Å²) < 4.78 is 0. The van der Waals surface area contributed by atoms with Gasteiger partial charge in [-0.15, -0.1) is 11.3 Å². The highest BCUT2D eigenvalue weighted by Crippen LogP contribution is 2.21. The third-order valence-corrected chi connectivity index (χ3v) is 4.31. The van der Waals surface area contributed by atoms with Crippen LogP contribution in [0.1, 0.15) is 16.1 Å². The molecule has 6 heteroatoms. The van der Waals surface area contributed by atoms with Crippen molar-refractivity contribution in [3.8, 4) is 10.7 Å². The molecule has 0 aliphatic rings. The Bertz CT molecular complexity index is 804. The molecule has 0 spiro atoms. The Labute approximate surface area is 143 Å². The lowest BCUT2D eigenvalue weighted by Gasteiger charge is -2.04. The molecule has 0 aliphatic heterocycles. The predicted molar refractivity (Wildman–Crippen MR) is 92.8 cm³/mol. The molecule has 4 nitrogen and oxygen atoms in total. The molecule has 0 saturated heterocycles. The summed E-state index contributed by atoms with van der Waals surface area (Å²) in [6, 6.07) is 13.2. The molecule has 1 N–H and O–H groups in total. The normalized spacial score (nSPS) is 10.5. The average molecular weight is 344 g/mol. The van der Waals surface area contributed by atoms with Gasteiger partial charge >= 0.3 is 0 Å². The van der Waals surface area contributed by atoms with Gasteiger partial charge in [-0.1, -0.05) is 29.8 Å². The summed E-state index contributed by atoms with van der Waals surface area (Å²) in [6.07, 6.45) is 2.44. The second kappa shape index (κ2) is 7.35. The second-order valence-corrected chi connectivity index (χ2v) is 6.18. The van der Waals surface area contributed by atoms with Crippen LogP contribution in [0.25, 0.3) is 10.7 Å². The van der Waals surface area contributed by atoms with Crippen molar-refractivity contribution in [1.82, 2.24) is 15.3 Å². The summed E-state index contributed by atoms with van der Waals surface area (Å²) in [7, 11) is 0. The molecular weight excluding hydrogens is 330 g/mol. The van der Waals surface area contributed by atoms with Crippen molar-refractivity contribution >= 4 is 28.8 Å². The molecule has 1 amide bonds. The van der Waals surface area contributed by atoms with Crippen LogP contribution < -0.4 is 5.32 Å². The number of nitrogens with one attached hydrogen (secondary N) is 1. The Hall–Kier alpha value is -2.24. The quantitative estimate of drug-likeness (QED) is 0.766. The molecule has 0 atom stereocenters. The van der Waals surface area contributed by atoms with Crippen molar-refractivity contribution in [1.29, 1.82) is 0 Å². The van der Waals surface area contributed by atoms with Crippen LogP contribution >= 0.6 is 22.9 Å². The van der Waals surface area contributed by atoms with Gasteiger partial charge in [0.05, 0.1) is 5.69 Å². The van der Waals surface area contributed by atoms with Gasteiger partial charge in [-0.25, -0.2) is 4.98 Å². The van der Waals surface area contributed by atoms with E-state index in [1.807, 2.05) is 42.5 Å². The highest BCUT2D eigenvalue weighted by molar-refractivity contribution is 7.13. The first kappa shape index (κ1) is 15.6. The number of carbonyl (C=O) groups excluding carboxylic acids is 1. The van der Waals surface area contributed by atoms with Crippen LogP contribution in [0.15, 0.2) is 54.0 Å². The Morgan fingerprint density at radius 2 is 2.13 bits per heavy atom. The minimum absolute atomic E-state index is 0.176. The number of benzene rings is 1. The SMILES string of the molecule is O=C(NCCc1cccc(Cl)c1)c1csc(-c2ccccn2)n1. The molecule has 0 fully saturated rings. The number of rotatable bonds is 5. The maximum Gasteiger partial charge on any atom is 0.270 e. The van der Waals surface area contributed by atoms with E-state index in [9.17, 15) is 4.79 Å². The Morgan fingerprint density at radius 3 is 2.91 bits per heavy atom. The van der Waals surface area contributed by atoms with Gasteiger partial charge in [-0.2, -0.15) is 0 Å². The van der Waals surface area contributed by atoms with Crippen molar-refractivity contribution in [3.05, 3.63) is 70.3 Å². The van der Waals surface area contributed by atoms with Gasteiger partial charge in [0.15, 0.2) is 0 Å². The van der Waals surface area contributed by atoms with E-state index < -0.39 is 0 Å². The number of hydrogen-bond donors (Lipinski definition) is 1.